The summed E-state index contributed by atoms with van der Waals surface area (Å²) < 4.78 is 5.38. The summed E-state index contributed by atoms with van der Waals surface area (Å²) in [6.45, 7) is 7.87. The molecule has 4 heteroatoms. The summed E-state index contributed by atoms with van der Waals surface area (Å²) in [6.07, 6.45) is 0. The topological polar surface area (TPSA) is 55.6 Å². The van der Waals surface area contributed by atoms with Gasteiger partial charge < -0.3 is 4.74 Å². The van der Waals surface area contributed by atoms with Crippen molar-refractivity contribution in [2.75, 3.05) is 14.2 Å². The van der Waals surface area contributed by atoms with Gasteiger partial charge >= 0.3 is 0 Å². The number of hydrazine groups is 1. The molecule has 0 fully saturated rings. The van der Waals surface area contributed by atoms with Crippen molar-refractivity contribution in [3.63, 3.8) is 0 Å². The molecular weight excluding hydrogens is 228 g/mol. The largest absolute Gasteiger partial charge is 0.496 e. The molecule has 4 nitrogen and oxygen atoms in total. The average Bonchev–Trinajstić information content (AvgIpc) is 2.32. The van der Waals surface area contributed by atoms with Gasteiger partial charge in [-0.1, -0.05) is 6.07 Å². The molecule has 0 aromatic heterocycles. The van der Waals surface area contributed by atoms with E-state index in [1.165, 1.54) is 0 Å². The Morgan fingerprint density at radius 3 is 2.33 bits per heavy atom. The summed E-state index contributed by atoms with van der Waals surface area (Å²) in [6, 6.07) is 2.01. The lowest BCUT2D eigenvalue weighted by atomic mass is 9.90. The van der Waals surface area contributed by atoms with E-state index in [4.69, 9.17) is 10.6 Å². The number of nitrogens with two attached hydrogens (primary N) is 1. The third-order valence-corrected chi connectivity index (χ3v) is 3.45. The molecule has 0 aliphatic rings. The van der Waals surface area contributed by atoms with Crippen LogP contribution in [0.25, 0.3) is 0 Å². The molecule has 0 radical (unpaired) electrons. The van der Waals surface area contributed by atoms with Crippen LogP contribution in [-0.4, -0.2) is 25.1 Å². The zero-order chi connectivity index (χ0) is 14.0. The van der Waals surface area contributed by atoms with Crippen LogP contribution in [0.5, 0.6) is 5.75 Å². The van der Waals surface area contributed by atoms with Crippen LogP contribution in [0.3, 0.4) is 0 Å². The average molecular weight is 250 g/mol. The Kier molecular flexibility index (Phi) is 4.35. The van der Waals surface area contributed by atoms with E-state index in [0.29, 0.717) is 0 Å². The zero-order valence-corrected chi connectivity index (χ0v) is 12.0. The summed E-state index contributed by atoms with van der Waals surface area (Å²) in [5.41, 5.74) is 4.20. The highest BCUT2D eigenvalue weighted by molar-refractivity contribution is 5.83. The predicted molar refractivity (Wildman–Crippen MR) is 72.6 cm³/mol. The third kappa shape index (κ3) is 2.48. The van der Waals surface area contributed by atoms with Crippen molar-refractivity contribution in [1.82, 2.24) is 5.01 Å². The molecule has 2 N–H and O–H groups in total. The van der Waals surface area contributed by atoms with Gasteiger partial charge in [0.25, 0.3) is 0 Å². The minimum atomic E-state index is -0.247. The van der Waals surface area contributed by atoms with Crippen LogP contribution in [0, 0.1) is 20.8 Å². The number of aryl methyl sites for hydroxylation is 1. The van der Waals surface area contributed by atoms with Crippen molar-refractivity contribution < 1.29 is 9.53 Å². The fourth-order valence-corrected chi connectivity index (χ4v) is 2.29. The predicted octanol–water partition coefficient (Wildman–Crippen LogP) is 2.06. The van der Waals surface area contributed by atoms with Crippen molar-refractivity contribution in [3.05, 3.63) is 28.3 Å². The van der Waals surface area contributed by atoms with E-state index in [9.17, 15) is 4.79 Å². The zero-order valence-electron chi connectivity index (χ0n) is 12.0. The van der Waals surface area contributed by atoms with E-state index in [2.05, 4.69) is 0 Å². The lowest BCUT2D eigenvalue weighted by molar-refractivity contribution is -0.131. The van der Waals surface area contributed by atoms with E-state index in [1.54, 1.807) is 14.2 Å². The second kappa shape index (κ2) is 5.40. The molecule has 0 bridgehead atoms. The quantitative estimate of drug-likeness (QED) is 0.507. The van der Waals surface area contributed by atoms with Crippen molar-refractivity contribution in [2.45, 2.75) is 33.6 Å². The first-order valence-corrected chi connectivity index (χ1v) is 5.98. The van der Waals surface area contributed by atoms with Gasteiger partial charge in [-0.3, -0.25) is 9.80 Å². The number of carbonyl (C=O) groups is 1. The Balaban J connectivity index is 3.31. The minimum Gasteiger partial charge on any atom is -0.496 e. The standard InChI is InChI=1S/C14H22N2O2/c1-8-7-12(11(4)14(17)16(5)15)9(2)10(3)13(8)18-6/h7,11H,15H2,1-6H3. The summed E-state index contributed by atoms with van der Waals surface area (Å²) in [5, 5.41) is 1.14. The van der Waals surface area contributed by atoms with Gasteiger partial charge in [0.05, 0.1) is 13.0 Å². The number of benzene rings is 1. The Morgan fingerprint density at radius 2 is 1.89 bits per heavy atom. The van der Waals surface area contributed by atoms with Crippen molar-refractivity contribution in [3.8, 4) is 5.75 Å². The van der Waals surface area contributed by atoms with E-state index in [0.717, 1.165) is 33.0 Å². The van der Waals surface area contributed by atoms with Gasteiger partial charge in [0.2, 0.25) is 5.91 Å². The number of hydrogen-bond acceptors (Lipinski definition) is 3. The van der Waals surface area contributed by atoms with Crippen LogP contribution in [0.1, 0.15) is 35.1 Å². The van der Waals surface area contributed by atoms with E-state index < -0.39 is 0 Å². The molecule has 1 aromatic carbocycles. The van der Waals surface area contributed by atoms with Crippen molar-refractivity contribution in [2.24, 2.45) is 5.84 Å². The van der Waals surface area contributed by atoms with E-state index >= 15 is 0 Å². The van der Waals surface area contributed by atoms with Crippen LogP contribution in [0.4, 0.5) is 0 Å². The van der Waals surface area contributed by atoms with Crippen LogP contribution in [-0.2, 0) is 4.79 Å². The minimum absolute atomic E-state index is 0.0953. The molecule has 1 atom stereocenters. The summed E-state index contributed by atoms with van der Waals surface area (Å²) in [7, 11) is 3.23. The van der Waals surface area contributed by atoms with Crippen molar-refractivity contribution >= 4 is 5.91 Å². The molecule has 1 amide bonds. The number of nitrogens with zero attached hydrogens (tertiary/aromatic N) is 1. The van der Waals surface area contributed by atoms with Crippen LogP contribution in [0.15, 0.2) is 6.07 Å². The SMILES string of the molecule is COc1c(C)cc(C(C)C(=O)N(C)N)c(C)c1C. The molecular formula is C14H22N2O2. The smallest absolute Gasteiger partial charge is 0.243 e. The number of ether oxygens (including phenoxy) is 1. The first-order chi connectivity index (χ1) is 8.31. The van der Waals surface area contributed by atoms with Crippen LogP contribution < -0.4 is 10.6 Å². The van der Waals surface area contributed by atoms with E-state index in [1.807, 2.05) is 33.8 Å². The Bertz CT molecular complexity index is 467. The molecule has 100 valence electrons. The van der Waals surface area contributed by atoms with Gasteiger partial charge in [0.15, 0.2) is 0 Å². The van der Waals surface area contributed by atoms with Gasteiger partial charge in [-0.15, -0.1) is 0 Å². The second-order valence-corrected chi connectivity index (χ2v) is 4.74. The first kappa shape index (κ1) is 14.5. The number of carbonyl (C=O) groups excluding carboxylic acids is 1. The third-order valence-electron chi connectivity index (χ3n) is 3.45. The molecule has 1 rings (SSSR count). The number of amides is 1. The summed E-state index contributed by atoms with van der Waals surface area (Å²) in [5.74, 6) is 6.06. The summed E-state index contributed by atoms with van der Waals surface area (Å²) in [4.78, 5) is 11.9. The molecule has 1 unspecified atom stereocenters. The fourth-order valence-electron chi connectivity index (χ4n) is 2.29. The lowest BCUT2D eigenvalue weighted by Crippen LogP contribution is -2.36. The number of hydrogen-bond donors (Lipinski definition) is 1. The normalized spacial score (nSPS) is 12.2. The maximum absolute atomic E-state index is 11.9. The molecule has 0 heterocycles. The highest BCUT2D eigenvalue weighted by Gasteiger charge is 2.22. The van der Waals surface area contributed by atoms with Gasteiger partial charge in [0, 0.05) is 7.05 Å². The van der Waals surface area contributed by atoms with Gasteiger partial charge in [0.1, 0.15) is 5.75 Å². The molecule has 0 spiro atoms. The van der Waals surface area contributed by atoms with E-state index in [-0.39, 0.29) is 11.8 Å². The number of methoxy groups -OCH3 is 1. The first-order valence-electron chi connectivity index (χ1n) is 5.98. The van der Waals surface area contributed by atoms with Gasteiger partial charge in [-0.05, 0) is 49.9 Å². The maximum Gasteiger partial charge on any atom is 0.243 e. The molecule has 0 saturated carbocycles. The molecule has 0 aliphatic heterocycles. The fraction of sp³-hybridized carbons (Fsp3) is 0.500. The van der Waals surface area contributed by atoms with Crippen LogP contribution >= 0.6 is 0 Å². The number of rotatable bonds is 3. The highest BCUT2D eigenvalue weighted by atomic mass is 16.5. The lowest BCUT2D eigenvalue weighted by Gasteiger charge is -2.21. The Morgan fingerprint density at radius 1 is 1.33 bits per heavy atom. The summed E-state index contributed by atoms with van der Waals surface area (Å²) >= 11 is 0. The second-order valence-electron chi connectivity index (χ2n) is 4.74. The molecule has 1 aromatic rings. The monoisotopic (exact) mass is 250 g/mol. The molecule has 0 aliphatic carbocycles. The Labute approximate surface area is 109 Å². The number of likely N-dealkylation sites (N-methyl/N-ethyl adjacent to an activating group) is 1. The van der Waals surface area contributed by atoms with Gasteiger partial charge in [-0.2, -0.15) is 0 Å². The van der Waals surface area contributed by atoms with Crippen molar-refractivity contribution in [1.29, 1.82) is 0 Å². The van der Waals surface area contributed by atoms with Gasteiger partial charge in [-0.25, -0.2) is 5.84 Å². The van der Waals surface area contributed by atoms with Crippen LogP contribution in [0.2, 0.25) is 0 Å². The molecule has 0 saturated heterocycles. The Hall–Kier alpha value is -1.55. The molecule has 18 heavy (non-hydrogen) atoms. The maximum atomic E-state index is 11.9. The highest BCUT2D eigenvalue weighted by Crippen LogP contribution is 2.32.